The van der Waals surface area contributed by atoms with E-state index in [1.807, 2.05) is 11.9 Å². The van der Waals surface area contributed by atoms with E-state index in [1.54, 1.807) is 0 Å². The third-order valence-electron chi connectivity index (χ3n) is 0.244. The van der Waals surface area contributed by atoms with Gasteiger partial charge in [-0.05, 0) is 0 Å². The van der Waals surface area contributed by atoms with Gasteiger partial charge >= 0.3 is 44.2 Å². The molecule has 0 aromatic heterocycles. The van der Waals surface area contributed by atoms with Crippen molar-refractivity contribution in [1.82, 2.24) is 0 Å². The molecule has 0 N–H and O–H groups in total. The summed E-state index contributed by atoms with van der Waals surface area (Å²) in [5, 5.41) is 0. The molecule has 0 unspecified atom stereocenters. The molecule has 0 amide bonds. The van der Waals surface area contributed by atoms with Crippen molar-refractivity contribution < 1.29 is 0 Å². The summed E-state index contributed by atoms with van der Waals surface area (Å²) in [5.74, 6) is 2.78. The Kier molecular flexibility index (Phi) is 4.67. The molecule has 0 aromatic rings. The summed E-state index contributed by atoms with van der Waals surface area (Å²) in [5.41, 5.74) is 0. The first kappa shape index (κ1) is 5.82. The molecule has 0 nitrogen and oxygen atoms in total. The van der Waals surface area contributed by atoms with Crippen molar-refractivity contribution in [2.45, 2.75) is 6.92 Å². The Hall–Kier alpha value is -0.181. The van der Waals surface area contributed by atoms with E-state index in [1.165, 1.54) is 0 Å². The van der Waals surface area contributed by atoms with E-state index in [0.717, 1.165) is 0 Å². The van der Waals surface area contributed by atoms with Gasteiger partial charge in [-0.2, -0.15) is 0 Å². The average Bonchev–Trinajstić information content (AvgIpc) is 1.61. The maximum absolute atomic E-state index is 3.52. The van der Waals surface area contributed by atoms with Crippen molar-refractivity contribution in [3.8, 4) is 10.7 Å². The summed E-state index contributed by atoms with van der Waals surface area (Å²) in [7, 11) is 0. The predicted molar refractivity (Wildman–Crippen MR) is 29.4 cm³/mol. The van der Waals surface area contributed by atoms with Crippen LogP contribution in [0.15, 0.2) is 11.6 Å². The van der Waals surface area contributed by atoms with Crippen molar-refractivity contribution >= 4 is 15.0 Å². The maximum atomic E-state index is 3.52. The van der Waals surface area contributed by atoms with Crippen LogP contribution < -0.4 is 0 Å². The van der Waals surface area contributed by atoms with Gasteiger partial charge in [0.05, 0.1) is 0 Å². The molecule has 0 aromatic carbocycles. The first-order valence-corrected chi connectivity index (χ1v) is 3.44. The third kappa shape index (κ3) is 3.82. The Labute approximate surface area is 44.8 Å². The van der Waals surface area contributed by atoms with Crippen molar-refractivity contribution in [2.75, 3.05) is 0 Å². The van der Waals surface area contributed by atoms with Gasteiger partial charge in [0.2, 0.25) is 0 Å². The van der Waals surface area contributed by atoms with Crippen molar-refractivity contribution in [1.29, 1.82) is 0 Å². The monoisotopic (exact) mass is 146 g/mol. The molecule has 0 bridgehead atoms. The first-order valence-electron chi connectivity index (χ1n) is 1.60. The Morgan fingerprint density at radius 1 is 1.83 bits per heavy atom. The third-order valence-corrected chi connectivity index (χ3v) is 1.27. The molecule has 0 spiro atoms. The molecule has 0 fully saturated rings. The van der Waals surface area contributed by atoms with E-state index in [-0.39, 0.29) is 0 Å². The molecular weight excluding hydrogens is 139 g/mol. The first-order chi connectivity index (χ1) is 2.91. The molecule has 0 rings (SSSR count). The van der Waals surface area contributed by atoms with Gasteiger partial charge in [0.15, 0.2) is 0 Å². The predicted octanol–water partition coefficient (Wildman–Crippen LogP) is 0.815. The van der Waals surface area contributed by atoms with Crippen LogP contribution in [-0.2, 0) is 0 Å². The summed E-state index contributed by atoms with van der Waals surface area (Å²) in [6.07, 6.45) is 0. The topological polar surface area (TPSA) is 0 Å². The molecule has 0 heterocycles. The van der Waals surface area contributed by atoms with Crippen LogP contribution in [0, 0.1) is 10.7 Å². The van der Waals surface area contributed by atoms with Gasteiger partial charge in [-0.15, -0.1) is 0 Å². The van der Waals surface area contributed by atoms with Crippen LogP contribution in [0.1, 0.15) is 6.92 Å². The Morgan fingerprint density at radius 2 is 2.50 bits per heavy atom. The van der Waals surface area contributed by atoms with Gasteiger partial charge in [-0.1, -0.05) is 0 Å². The Balaban J connectivity index is 3.00. The zero-order chi connectivity index (χ0) is 4.83. The second-order valence-corrected chi connectivity index (χ2v) is 2.26. The summed E-state index contributed by atoms with van der Waals surface area (Å²) >= 11 is 0.370. The zero-order valence-corrected chi connectivity index (χ0v) is 5.41. The molecule has 32 valence electrons. The zero-order valence-electron chi connectivity index (χ0n) is 3.69. The second kappa shape index (κ2) is 4.82. The fourth-order valence-electron chi connectivity index (χ4n) is 0.101. The van der Waals surface area contributed by atoms with E-state index in [4.69, 9.17) is 0 Å². The van der Waals surface area contributed by atoms with Gasteiger partial charge in [0, 0.05) is 0 Å². The Morgan fingerprint density at radius 3 is 2.67 bits per heavy atom. The molecular formula is C5H6Se. The summed E-state index contributed by atoms with van der Waals surface area (Å²) in [6.45, 7) is 5.36. The van der Waals surface area contributed by atoms with Crippen LogP contribution in [0.4, 0.5) is 0 Å². The SMILES string of the molecule is C=C[Se]C#CC. The molecule has 0 aliphatic heterocycles. The fourth-order valence-corrected chi connectivity index (χ4v) is 0.523. The van der Waals surface area contributed by atoms with E-state index < -0.39 is 0 Å². The standard InChI is InChI=1S/C5H6Se/c1-3-5-6-4-2/h4H,2H2,1H3. The normalized spacial score (nSPS) is 5.50. The van der Waals surface area contributed by atoms with Crippen LogP contribution in [0.2, 0.25) is 0 Å². The van der Waals surface area contributed by atoms with E-state index >= 15 is 0 Å². The van der Waals surface area contributed by atoms with Crippen LogP contribution in [-0.4, -0.2) is 15.0 Å². The summed E-state index contributed by atoms with van der Waals surface area (Å²) in [4.78, 5) is 4.74. The van der Waals surface area contributed by atoms with Gasteiger partial charge in [-0.25, -0.2) is 0 Å². The van der Waals surface area contributed by atoms with Crippen molar-refractivity contribution in [3.63, 3.8) is 0 Å². The molecule has 0 radical (unpaired) electrons. The second-order valence-electron chi connectivity index (χ2n) is 0.637. The molecule has 0 saturated carbocycles. The van der Waals surface area contributed by atoms with E-state index in [9.17, 15) is 0 Å². The van der Waals surface area contributed by atoms with Crippen LogP contribution in [0.5, 0.6) is 0 Å². The van der Waals surface area contributed by atoms with Gasteiger partial charge < -0.3 is 0 Å². The molecule has 0 aliphatic rings. The van der Waals surface area contributed by atoms with Crippen LogP contribution in [0.25, 0.3) is 0 Å². The van der Waals surface area contributed by atoms with Crippen molar-refractivity contribution in [2.24, 2.45) is 0 Å². The van der Waals surface area contributed by atoms with Gasteiger partial charge in [-0.3, -0.25) is 0 Å². The van der Waals surface area contributed by atoms with Crippen LogP contribution in [0.3, 0.4) is 0 Å². The van der Waals surface area contributed by atoms with E-state index in [0.29, 0.717) is 15.0 Å². The molecule has 6 heavy (non-hydrogen) atoms. The van der Waals surface area contributed by atoms with Gasteiger partial charge in [0.1, 0.15) is 0 Å². The minimum atomic E-state index is 0.370. The van der Waals surface area contributed by atoms with E-state index in [2.05, 4.69) is 17.3 Å². The molecule has 1 heteroatoms. The van der Waals surface area contributed by atoms with Crippen molar-refractivity contribution in [3.05, 3.63) is 11.6 Å². The average molecular weight is 145 g/mol. The Bertz CT molecular complexity index is 83.8. The van der Waals surface area contributed by atoms with Gasteiger partial charge in [0.25, 0.3) is 0 Å². The number of hydrogen-bond acceptors (Lipinski definition) is 0. The number of hydrogen-bond donors (Lipinski definition) is 0. The number of rotatable bonds is 1. The molecule has 0 saturated heterocycles. The summed E-state index contributed by atoms with van der Waals surface area (Å²) in [6, 6.07) is 0. The molecule has 0 atom stereocenters. The summed E-state index contributed by atoms with van der Waals surface area (Å²) < 4.78 is 0. The van der Waals surface area contributed by atoms with Crippen LogP contribution >= 0.6 is 0 Å². The molecule has 0 aliphatic carbocycles. The minimum absolute atomic E-state index is 0.370. The fraction of sp³-hybridized carbons (Fsp3) is 0.200. The quantitative estimate of drug-likeness (QED) is 0.378.